The number of rotatable bonds is 3. The first-order valence-corrected chi connectivity index (χ1v) is 6.82. The van der Waals surface area contributed by atoms with E-state index in [0.29, 0.717) is 12.4 Å². The highest BCUT2D eigenvalue weighted by Crippen LogP contribution is 2.29. The van der Waals surface area contributed by atoms with Gasteiger partial charge in [0.2, 0.25) is 0 Å². The summed E-state index contributed by atoms with van der Waals surface area (Å²) in [6, 6.07) is 4.46. The first kappa shape index (κ1) is 13.5. The molecule has 0 bridgehead atoms. The topological polar surface area (TPSA) is 54.2 Å². The lowest BCUT2D eigenvalue weighted by molar-refractivity contribution is 0.225. The van der Waals surface area contributed by atoms with Gasteiger partial charge >= 0.3 is 0 Å². The van der Waals surface area contributed by atoms with Crippen LogP contribution in [0, 0.1) is 5.82 Å². The molecule has 7 heteroatoms. The van der Waals surface area contributed by atoms with E-state index in [9.17, 15) is 4.39 Å². The van der Waals surface area contributed by atoms with Crippen molar-refractivity contribution in [3.63, 3.8) is 0 Å². The van der Waals surface area contributed by atoms with E-state index in [-0.39, 0.29) is 16.5 Å². The summed E-state index contributed by atoms with van der Waals surface area (Å²) in [6.45, 7) is 4.36. The lowest BCUT2D eigenvalue weighted by atomic mass is 10.2. The summed E-state index contributed by atoms with van der Waals surface area (Å²) >= 11 is 5.98. The number of halogens is 2. The van der Waals surface area contributed by atoms with Gasteiger partial charge in [-0.05, 0) is 12.1 Å². The molecule has 1 fully saturated rings. The molecule has 5 nitrogen and oxygen atoms in total. The number of piperazine rings is 1. The number of hydrogen-bond donors (Lipinski definition) is 1. The van der Waals surface area contributed by atoms with Crippen molar-refractivity contribution in [3.05, 3.63) is 34.9 Å². The summed E-state index contributed by atoms with van der Waals surface area (Å²) in [5, 5.41) is 7.44. The van der Waals surface area contributed by atoms with Crippen LogP contribution in [-0.4, -0.2) is 41.2 Å². The molecule has 0 aliphatic carbocycles. The molecule has 0 unspecified atom stereocenters. The highest BCUT2D eigenvalue weighted by Gasteiger charge is 2.18. The van der Waals surface area contributed by atoms with Gasteiger partial charge in [0.25, 0.3) is 5.89 Å². The monoisotopic (exact) mass is 296 g/mol. The third-order valence-corrected chi connectivity index (χ3v) is 3.53. The molecule has 1 aliphatic rings. The van der Waals surface area contributed by atoms with Crippen LogP contribution in [0.5, 0.6) is 0 Å². The van der Waals surface area contributed by atoms with Crippen molar-refractivity contribution in [1.82, 2.24) is 20.4 Å². The van der Waals surface area contributed by atoms with E-state index >= 15 is 0 Å². The van der Waals surface area contributed by atoms with Crippen LogP contribution in [0.15, 0.2) is 22.7 Å². The van der Waals surface area contributed by atoms with Crippen molar-refractivity contribution < 1.29 is 8.91 Å². The Morgan fingerprint density at radius 2 is 2.15 bits per heavy atom. The van der Waals surface area contributed by atoms with Gasteiger partial charge in [-0.15, -0.1) is 0 Å². The minimum Gasteiger partial charge on any atom is -0.334 e. The lowest BCUT2D eigenvalue weighted by Crippen LogP contribution is -2.43. The van der Waals surface area contributed by atoms with E-state index in [1.54, 1.807) is 12.1 Å². The minimum atomic E-state index is -0.463. The minimum absolute atomic E-state index is 0.123. The summed E-state index contributed by atoms with van der Waals surface area (Å²) in [5.74, 6) is 0.203. The van der Waals surface area contributed by atoms with Crippen LogP contribution in [0.25, 0.3) is 11.5 Å². The summed E-state index contributed by atoms with van der Waals surface area (Å²) in [7, 11) is 0. The zero-order valence-electron chi connectivity index (χ0n) is 10.8. The third-order valence-electron chi connectivity index (χ3n) is 3.22. The van der Waals surface area contributed by atoms with E-state index in [2.05, 4.69) is 20.4 Å². The van der Waals surface area contributed by atoms with E-state index in [0.717, 1.165) is 26.2 Å². The number of nitrogens with zero attached hydrogens (tertiary/aromatic N) is 3. The van der Waals surface area contributed by atoms with Crippen molar-refractivity contribution in [3.8, 4) is 11.5 Å². The van der Waals surface area contributed by atoms with Crippen molar-refractivity contribution >= 4 is 11.6 Å². The summed E-state index contributed by atoms with van der Waals surface area (Å²) in [6.07, 6.45) is 0. The predicted molar refractivity (Wildman–Crippen MR) is 72.8 cm³/mol. The number of nitrogens with one attached hydrogen (secondary N) is 1. The van der Waals surface area contributed by atoms with Crippen LogP contribution < -0.4 is 5.32 Å². The van der Waals surface area contributed by atoms with Crippen LogP contribution in [0.3, 0.4) is 0 Å². The molecule has 1 aromatic carbocycles. The van der Waals surface area contributed by atoms with Gasteiger partial charge in [-0.25, -0.2) is 4.39 Å². The Balaban J connectivity index is 1.79. The van der Waals surface area contributed by atoms with Gasteiger partial charge in [-0.1, -0.05) is 22.8 Å². The molecule has 1 aliphatic heterocycles. The number of hydrogen-bond acceptors (Lipinski definition) is 5. The van der Waals surface area contributed by atoms with Crippen LogP contribution in [0.4, 0.5) is 4.39 Å². The highest BCUT2D eigenvalue weighted by atomic mass is 35.5. The molecule has 2 heterocycles. The maximum Gasteiger partial charge on any atom is 0.262 e. The smallest absolute Gasteiger partial charge is 0.262 e. The van der Waals surface area contributed by atoms with Crippen molar-refractivity contribution in [2.24, 2.45) is 0 Å². The Kier molecular flexibility index (Phi) is 3.95. The lowest BCUT2D eigenvalue weighted by Gasteiger charge is -2.25. The molecule has 1 saturated heterocycles. The average molecular weight is 297 g/mol. The van der Waals surface area contributed by atoms with Crippen molar-refractivity contribution in [2.45, 2.75) is 6.54 Å². The van der Waals surface area contributed by atoms with Crippen molar-refractivity contribution in [1.29, 1.82) is 0 Å². The maximum atomic E-state index is 13.8. The molecule has 106 valence electrons. The molecular formula is C13H14ClFN4O. The van der Waals surface area contributed by atoms with Gasteiger partial charge < -0.3 is 9.84 Å². The molecule has 3 rings (SSSR count). The van der Waals surface area contributed by atoms with Gasteiger partial charge in [0.05, 0.1) is 17.1 Å². The van der Waals surface area contributed by atoms with Crippen LogP contribution in [-0.2, 0) is 6.54 Å². The Morgan fingerprint density at radius 3 is 2.90 bits per heavy atom. The molecule has 0 amide bonds. The molecule has 1 aromatic heterocycles. The van der Waals surface area contributed by atoms with Crippen LogP contribution >= 0.6 is 11.6 Å². The van der Waals surface area contributed by atoms with Gasteiger partial charge in [0.1, 0.15) is 5.82 Å². The second-order valence-corrected chi connectivity index (χ2v) is 5.05. The maximum absolute atomic E-state index is 13.8. The van der Waals surface area contributed by atoms with E-state index in [1.807, 2.05) is 0 Å². The zero-order chi connectivity index (χ0) is 13.9. The molecule has 0 atom stereocenters. The molecule has 20 heavy (non-hydrogen) atoms. The van der Waals surface area contributed by atoms with E-state index < -0.39 is 5.82 Å². The first-order valence-electron chi connectivity index (χ1n) is 6.44. The Bertz CT molecular complexity index is 578. The first-order chi connectivity index (χ1) is 9.74. The summed E-state index contributed by atoms with van der Waals surface area (Å²) in [5.41, 5.74) is 0.160. The predicted octanol–water partition coefficient (Wildman–Crippen LogP) is 1.93. The Labute approximate surface area is 120 Å². The fourth-order valence-electron chi connectivity index (χ4n) is 2.19. The largest absolute Gasteiger partial charge is 0.334 e. The molecular weight excluding hydrogens is 283 g/mol. The molecule has 0 saturated carbocycles. The molecule has 2 aromatic rings. The number of benzene rings is 1. The molecule has 0 spiro atoms. The number of aromatic nitrogens is 2. The van der Waals surface area contributed by atoms with Crippen LogP contribution in [0.2, 0.25) is 5.02 Å². The van der Waals surface area contributed by atoms with E-state index in [1.165, 1.54) is 6.07 Å². The normalized spacial score (nSPS) is 16.5. The fourth-order valence-corrected chi connectivity index (χ4v) is 2.43. The van der Waals surface area contributed by atoms with Crippen LogP contribution in [0.1, 0.15) is 5.82 Å². The third kappa shape index (κ3) is 2.82. The average Bonchev–Trinajstić information content (AvgIpc) is 2.88. The van der Waals surface area contributed by atoms with Gasteiger partial charge in [-0.2, -0.15) is 4.98 Å². The van der Waals surface area contributed by atoms with Crippen molar-refractivity contribution in [2.75, 3.05) is 26.2 Å². The standard InChI is InChI=1S/C13H14ClFN4O/c14-9-2-1-3-10(15)12(9)13-17-11(18-20-13)8-19-6-4-16-5-7-19/h1-3,16H,4-8H2. The van der Waals surface area contributed by atoms with Gasteiger partial charge in [-0.3, -0.25) is 4.90 Å². The summed E-state index contributed by atoms with van der Waals surface area (Å²) in [4.78, 5) is 6.45. The Morgan fingerprint density at radius 1 is 1.35 bits per heavy atom. The highest BCUT2D eigenvalue weighted by molar-refractivity contribution is 6.33. The zero-order valence-corrected chi connectivity index (χ0v) is 11.5. The van der Waals surface area contributed by atoms with Gasteiger partial charge in [0, 0.05) is 26.2 Å². The second kappa shape index (κ2) is 5.87. The molecule has 1 N–H and O–H groups in total. The van der Waals surface area contributed by atoms with E-state index in [4.69, 9.17) is 16.1 Å². The quantitative estimate of drug-likeness (QED) is 0.938. The summed E-state index contributed by atoms with van der Waals surface area (Å²) < 4.78 is 18.9. The van der Waals surface area contributed by atoms with Gasteiger partial charge in [0.15, 0.2) is 5.82 Å². The fraction of sp³-hybridized carbons (Fsp3) is 0.385. The molecule has 0 radical (unpaired) electrons. The second-order valence-electron chi connectivity index (χ2n) is 4.64. The SMILES string of the molecule is Fc1cccc(Cl)c1-c1nc(CN2CCNCC2)no1. The Hall–Kier alpha value is -1.50.